The van der Waals surface area contributed by atoms with Crippen LogP contribution in [0.15, 0.2) is 42.6 Å². The van der Waals surface area contributed by atoms with Gasteiger partial charge < -0.3 is 5.32 Å². The standard InChI is InChI=1S/C16H20FN3/c1-12(14-8-4-5-9-15(14)17)20(3)11-13-7-6-10-19-16(13)18-2/h4-10,12H,11H2,1-3H3,(H,18,19). The Balaban J connectivity index is 2.16. The summed E-state index contributed by atoms with van der Waals surface area (Å²) in [5, 5.41) is 3.08. The quantitative estimate of drug-likeness (QED) is 0.904. The van der Waals surface area contributed by atoms with Gasteiger partial charge in [-0.15, -0.1) is 0 Å². The predicted molar refractivity (Wildman–Crippen MR) is 80.1 cm³/mol. The van der Waals surface area contributed by atoms with Crippen LogP contribution in [0.4, 0.5) is 10.2 Å². The van der Waals surface area contributed by atoms with E-state index in [2.05, 4.69) is 15.2 Å². The van der Waals surface area contributed by atoms with Crippen molar-refractivity contribution < 1.29 is 4.39 Å². The molecule has 0 fully saturated rings. The highest BCUT2D eigenvalue weighted by atomic mass is 19.1. The summed E-state index contributed by atoms with van der Waals surface area (Å²) < 4.78 is 13.8. The van der Waals surface area contributed by atoms with Crippen LogP contribution in [-0.2, 0) is 6.54 Å². The number of halogens is 1. The Labute approximate surface area is 119 Å². The number of anilines is 1. The molecule has 1 aromatic heterocycles. The third-order valence-electron chi connectivity index (χ3n) is 3.56. The molecule has 0 saturated carbocycles. The first-order chi connectivity index (χ1) is 9.63. The van der Waals surface area contributed by atoms with Crippen LogP contribution in [0.1, 0.15) is 24.1 Å². The van der Waals surface area contributed by atoms with Crippen LogP contribution in [0.3, 0.4) is 0 Å². The fraction of sp³-hybridized carbons (Fsp3) is 0.312. The van der Waals surface area contributed by atoms with E-state index in [9.17, 15) is 4.39 Å². The van der Waals surface area contributed by atoms with Gasteiger partial charge in [0.15, 0.2) is 0 Å². The highest BCUT2D eigenvalue weighted by molar-refractivity contribution is 5.42. The molecule has 1 aromatic carbocycles. The molecule has 0 aliphatic carbocycles. The van der Waals surface area contributed by atoms with Gasteiger partial charge in [0.25, 0.3) is 0 Å². The normalized spacial score (nSPS) is 12.4. The number of hydrogen-bond acceptors (Lipinski definition) is 3. The lowest BCUT2D eigenvalue weighted by atomic mass is 10.1. The molecular formula is C16H20FN3. The van der Waals surface area contributed by atoms with Crippen molar-refractivity contribution in [2.24, 2.45) is 0 Å². The molecular weight excluding hydrogens is 253 g/mol. The van der Waals surface area contributed by atoms with E-state index in [-0.39, 0.29) is 11.9 Å². The Morgan fingerprint density at radius 2 is 2.00 bits per heavy atom. The van der Waals surface area contributed by atoms with Gasteiger partial charge in [0, 0.05) is 37.0 Å². The second-order valence-corrected chi connectivity index (χ2v) is 4.87. The molecule has 0 aliphatic heterocycles. The third kappa shape index (κ3) is 3.14. The summed E-state index contributed by atoms with van der Waals surface area (Å²) in [4.78, 5) is 6.40. The maximum absolute atomic E-state index is 13.8. The maximum atomic E-state index is 13.8. The fourth-order valence-corrected chi connectivity index (χ4v) is 2.25. The maximum Gasteiger partial charge on any atom is 0.130 e. The summed E-state index contributed by atoms with van der Waals surface area (Å²) in [5.74, 6) is 0.701. The van der Waals surface area contributed by atoms with E-state index in [0.717, 1.165) is 11.4 Å². The molecule has 1 N–H and O–H groups in total. The zero-order chi connectivity index (χ0) is 14.5. The number of nitrogens with zero attached hydrogens (tertiary/aromatic N) is 2. The minimum atomic E-state index is -0.160. The van der Waals surface area contributed by atoms with Crippen LogP contribution in [0.25, 0.3) is 0 Å². The Kier molecular flexibility index (Phi) is 4.69. The third-order valence-corrected chi connectivity index (χ3v) is 3.56. The molecule has 106 valence electrons. The lowest BCUT2D eigenvalue weighted by Crippen LogP contribution is -2.23. The molecule has 0 aliphatic rings. The second kappa shape index (κ2) is 6.48. The van der Waals surface area contributed by atoms with Crippen LogP contribution < -0.4 is 5.32 Å². The molecule has 0 bridgehead atoms. The highest BCUT2D eigenvalue weighted by Gasteiger charge is 2.16. The summed E-state index contributed by atoms with van der Waals surface area (Å²) >= 11 is 0. The number of aromatic nitrogens is 1. The van der Waals surface area contributed by atoms with Crippen molar-refractivity contribution in [1.29, 1.82) is 0 Å². The number of hydrogen-bond donors (Lipinski definition) is 1. The van der Waals surface area contributed by atoms with Crippen LogP contribution >= 0.6 is 0 Å². The molecule has 4 heteroatoms. The fourth-order valence-electron chi connectivity index (χ4n) is 2.25. The van der Waals surface area contributed by atoms with E-state index in [4.69, 9.17) is 0 Å². The van der Waals surface area contributed by atoms with Crippen LogP contribution in [-0.4, -0.2) is 24.0 Å². The summed E-state index contributed by atoms with van der Waals surface area (Å²) in [5.41, 5.74) is 1.81. The molecule has 1 heterocycles. The van der Waals surface area contributed by atoms with Crippen molar-refractivity contribution in [3.05, 3.63) is 59.5 Å². The van der Waals surface area contributed by atoms with Gasteiger partial charge in [-0.3, -0.25) is 4.90 Å². The minimum Gasteiger partial charge on any atom is -0.373 e. The number of nitrogens with one attached hydrogen (secondary N) is 1. The van der Waals surface area contributed by atoms with Crippen molar-refractivity contribution in [1.82, 2.24) is 9.88 Å². The van der Waals surface area contributed by atoms with Crippen LogP contribution in [0.2, 0.25) is 0 Å². The molecule has 1 atom stereocenters. The van der Waals surface area contributed by atoms with Crippen molar-refractivity contribution >= 4 is 5.82 Å². The zero-order valence-corrected chi connectivity index (χ0v) is 12.1. The monoisotopic (exact) mass is 273 g/mol. The van der Waals surface area contributed by atoms with Crippen LogP contribution in [0.5, 0.6) is 0 Å². The predicted octanol–water partition coefficient (Wildman–Crippen LogP) is 3.46. The molecule has 0 spiro atoms. The van der Waals surface area contributed by atoms with Gasteiger partial charge in [0.05, 0.1) is 0 Å². The van der Waals surface area contributed by atoms with E-state index in [1.54, 1.807) is 12.3 Å². The van der Waals surface area contributed by atoms with Gasteiger partial charge in [-0.05, 0) is 26.1 Å². The van der Waals surface area contributed by atoms with E-state index < -0.39 is 0 Å². The van der Waals surface area contributed by atoms with Crippen molar-refractivity contribution in [2.45, 2.75) is 19.5 Å². The molecule has 1 unspecified atom stereocenters. The van der Waals surface area contributed by atoms with E-state index >= 15 is 0 Å². The van der Waals surface area contributed by atoms with Gasteiger partial charge in [0.1, 0.15) is 11.6 Å². The summed E-state index contributed by atoms with van der Waals surface area (Å²) in [6.45, 7) is 2.72. The van der Waals surface area contributed by atoms with Crippen molar-refractivity contribution in [3.8, 4) is 0 Å². The van der Waals surface area contributed by atoms with Crippen molar-refractivity contribution in [3.63, 3.8) is 0 Å². The van der Waals surface area contributed by atoms with Crippen molar-refractivity contribution in [2.75, 3.05) is 19.4 Å². The SMILES string of the molecule is CNc1ncccc1CN(C)C(C)c1ccccc1F. The average Bonchev–Trinajstić information content (AvgIpc) is 2.47. The Morgan fingerprint density at radius 1 is 1.25 bits per heavy atom. The van der Waals surface area contributed by atoms with Gasteiger partial charge in [0.2, 0.25) is 0 Å². The zero-order valence-electron chi connectivity index (χ0n) is 12.1. The van der Waals surface area contributed by atoms with E-state index in [0.29, 0.717) is 12.1 Å². The Hall–Kier alpha value is -1.94. The highest BCUT2D eigenvalue weighted by Crippen LogP contribution is 2.24. The van der Waals surface area contributed by atoms with Gasteiger partial charge in [-0.1, -0.05) is 24.3 Å². The number of pyridine rings is 1. The molecule has 0 radical (unpaired) electrons. The first-order valence-corrected chi connectivity index (χ1v) is 6.69. The summed E-state index contributed by atoms with van der Waals surface area (Å²) in [6, 6.07) is 10.9. The lowest BCUT2D eigenvalue weighted by molar-refractivity contribution is 0.248. The first kappa shape index (κ1) is 14.5. The number of benzene rings is 1. The molecule has 2 rings (SSSR count). The average molecular weight is 273 g/mol. The van der Waals surface area contributed by atoms with Gasteiger partial charge >= 0.3 is 0 Å². The minimum absolute atomic E-state index is 0.00103. The van der Waals surface area contributed by atoms with E-state index in [1.807, 2.05) is 45.3 Å². The van der Waals surface area contributed by atoms with E-state index in [1.165, 1.54) is 6.07 Å². The van der Waals surface area contributed by atoms with Gasteiger partial charge in [-0.25, -0.2) is 9.37 Å². The summed E-state index contributed by atoms with van der Waals surface area (Å²) in [6.07, 6.45) is 1.76. The Morgan fingerprint density at radius 3 is 2.70 bits per heavy atom. The molecule has 2 aromatic rings. The second-order valence-electron chi connectivity index (χ2n) is 4.87. The first-order valence-electron chi connectivity index (χ1n) is 6.69. The molecule has 0 amide bonds. The molecule has 0 saturated heterocycles. The molecule has 3 nitrogen and oxygen atoms in total. The topological polar surface area (TPSA) is 28.2 Å². The van der Waals surface area contributed by atoms with Crippen LogP contribution in [0, 0.1) is 5.82 Å². The molecule has 20 heavy (non-hydrogen) atoms. The Bertz CT molecular complexity index is 571. The smallest absolute Gasteiger partial charge is 0.130 e. The largest absolute Gasteiger partial charge is 0.373 e. The lowest BCUT2D eigenvalue weighted by Gasteiger charge is -2.26. The number of rotatable bonds is 5. The summed E-state index contributed by atoms with van der Waals surface area (Å²) in [7, 11) is 3.84. The van der Waals surface area contributed by atoms with Gasteiger partial charge in [-0.2, -0.15) is 0 Å².